The van der Waals surface area contributed by atoms with Gasteiger partial charge in [0.05, 0.1) is 0 Å². The number of carboxylic acid groups (broad SMARTS) is 1. The number of benzene rings is 1. The lowest BCUT2D eigenvalue weighted by Gasteiger charge is -2.13. The Hall–Kier alpha value is -1.61. The zero-order chi connectivity index (χ0) is 12.8. The van der Waals surface area contributed by atoms with Crippen LogP contribution in [-0.4, -0.2) is 17.6 Å². The van der Waals surface area contributed by atoms with E-state index in [2.05, 4.69) is 37.4 Å². The van der Waals surface area contributed by atoms with Gasteiger partial charge in [-0.2, -0.15) is 0 Å². The summed E-state index contributed by atoms with van der Waals surface area (Å²) in [5.41, 5.74) is 2.81. The molecule has 0 aromatic heterocycles. The highest BCUT2D eigenvalue weighted by molar-refractivity contribution is 5.85. The van der Waals surface area contributed by atoms with Gasteiger partial charge in [0.2, 0.25) is 0 Å². The fourth-order valence-corrected chi connectivity index (χ4v) is 1.53. The van der Waals surface area contributed by atoms with Crippen molar-refractivity contribution in [1.29, 1.82) is 0 Å². The highest BCUT2D eigenvalue weighted by Crippen LogP contribution is 2.13. The van der Waals surface area contributed by atoms with Crippen molar-refractivity contribution in [2.24, 2.45) is 0 Å². The third kappa shape index (κ3) is 4.41. The molecule has 0 bridgehead atoms. The van der Waals surface area contributed by atoms with Crippen molar-refractivity contribution in [2.45, 2.75) is 26.8 Å². The lowest BCUT2D eigenvalue weighted by Crippen LogP contribution is -2.19. The molecule has 17 heavy (non-hydrogen) atoms. The summed E-state index contributed by atoms with van der Waals surface area (Å²) in [6.07, 6.45) is 1.69. The third-order valence-electron chi connectivity index (χ3n) is 2.71. The van der Waals surface area contributed by atoms with Gasteiger partial charge in [-0.15, -0.1) is 0 Å². The number of hydrogen-bond acceptors (Lipinski definition) is 2. The minimum Gasteiger partial charge on any atom is -0.478 e. The fourth-order valence-electron chi connectivity index (χ4n) is 1.53. The smallest absolute Gasteiger partial charge is 0.330 e. The summed E-state index contributed by atoms with van der Waals surface area (Å²) in [6.45, 7) is 6.29. The quantitative estimate of drug-likeness (QED) is 0.769. The van der Waals surface area contributed by atoms with E-state index in [1.165, 1.54) is 11.1 Å². The zero-order valence-electron chi connectivity index (χ0n) is 10.5. The molecule has 0 aliphatic carbocycles. The number of carbonyl (C=O) groups is 1. The van der Waals surface area contributed by atoms with E-state index < -0.39 is 5.97 Å². The Kier molecular flexibility index (Phi) is 4.91. The second-order valence-corrected chi connectivity index (χ2v) is 4.24. The summed E-state index contributed by atoms with van der Waals surface area (Å²) in [4.78, 5) is 10.6. The highest BCUT2D eigenvalue weighted by atomic mass is 16.4. The molecule has 0 aliphatic rings. The van der Waals surface area contributed by atoms with E-state index in [9.17, 15) is 4.79 Å². The molecule has 1 aromatic carbocycles. The Morgan fingerprint density at radius 3 is 2.82 bits per heavy atom. The number of aryl methyl sites for hydroxylation is 1. The molecule has 3 nitrogen and oxygen atoms in total. The minimum absolute atomic E-state index is 0.216. The molecule has 1 aromatic rings. The zero-order valence-corrected chi connectivity index (χ0v) is 10.5. The molecule has 2 N–H and O–H groups in total. The second-order valence-electron chi connectivity index (χ2n) is 4.24. The van der Waals surface area contributed by atoms with Crippen LogP contribution in [0.25, 0.3) is 0 Å². The van der Waals surface area contributed by atoms with Crippen molar-refractivity contribution in [3.63, 3.8) is 0 Å². The van der Waals surface area contributed by atoms with Gasteiger partial charge in [0.15, 0.2) is 0 Å². The van der Waals surface area contributed by atoms with E-state index >= 15 is 0 Å². The van der Waals surface area contributed by atoms with Gasteiger partial charge in [0, 0.05) is 18.2 Å². The van der Waals surface area contributed by atoms with Gasteiger partial charge in [-0.25, -0.2) is 4.79 Å². The van der Waals surface area contributed by atoms with Crippen LogP contribution in [0.2, 0.25) is 0 Å². The van der Waals surface area contributed by atoms with Crippen molar-refractivity contribution in [2.75, 3.05) is 6.54 Å². The first-order valence-electron chi connectivity index (χ1n) is 5.70. The lowest BCUT2D eigenvalue weighted by atomic mass is 10.1. The molecule has 0 heterocycles. The molecule has 0 radical (unpaired) electrons. The number of rotatable bonds is 5. The maximum atomic E-state index is 10.6. The maximum Gasteiger partial charge on any atom is 0.330 e. The summed E-state index contributed by atoms with van der Waals surface area (Å²) >= 11 is 0. The van der Waals surface area contributed by atoms with Crippen LogP contribution in [0.4, 0.5) is 0 Å². The van der Waals surface area contributed by atoms with Gasteiger partial charge in [-0.05, 0) is 26.3 Å². The molecule has 0 unspecified atom stereocenters. The van der Waals surface area contributed by atoms with Gasteiger partial charge in [-0.3, -0.25) is 0 Å². The summed E-state index contributed by atoms with van der Waals surface area (Å²) in [5.74, 6) is -0.866. The molecule has 0 saturated heterocycles. The van der Waals surface area contributed by atoms with Gasteiger partial charge in [-0.1, -0.05) is 35.9 Å². The molecule has 92 valence electrons. The van der Waals surface area contributed by atoms with Crippen molar-refractivity contribution >= 4 is 5.97 Å². The molecular formula is C14H19NO2. The molecule has 1 atom stereocenters. The summed E-state index contributed by atoms with van der Waals surface area (Å²) < 4.78 is 0. The molecule has 1 rings (SSSR count). The van der Waals surface area contributed by atoms with E-state index in [0.29, 0.717) is 12.1 Å². The molecule has 0 spiro atoms. The third-order valence-corrected chi connectivity index (χ3v) is 2.71. The molecule has 0 aliphatic heterocycles. The Morgan fingerprint density at radius 1 is 1.53 bits per heavy atom. The lowest BCUT2D eigenvalue weighted by molar-refractivity contribution is -0.132. The van der Waals surface area contributed by atoms with E-state index in [4.69, 9.17) is 5.11 Å². The summed E-state index contributed by atoms with van der Waals surface area (Å²) in [6, 6.07) is 8.50. The van der Waals surface area contributed by atoms with Crippen molar-refractivity contribution < 1.29 is 9.90 Å². The molecular weight excluding hydrogens is 214 g/mol. The van der Waals surface area contributed by atoms with Gasteiger partial charge in [0.25, 0.3) is 0 Å². The summed E-state index contributed by atoms with van der Waals surface area (Å²) in [5, 5.41) is 12.0. The Morgan fingerprint density at radius 2 is 2.24 bits per heavy atom. The highest BCUT2D eigenvalue weighted by Gasteiger charge is 2.04. The maximum absolute atomic E-state index is 10.6. The van der Waals surface area contributed by atoms with Crippen LogP contribution in [0.15, 0.2) is 35.9 Å². The average Bonchev–Trinajstić information content (AvgIpc) is 2.28. The van der Waals surface area contributed by atoms with E-state index in [1.807, 2.05) is 6.07 Å². The Bertz CT molecular complexity index is 424. The van der Waals surface area contributed by atoms with Gasteiger partial charge < -0.3 is 10.4 Å². The van der Waals surface area contributed by atoms with E-state index in [1.54, 1.807) is 13.0 Å². The monoisotopic (exact) mass is 233 g/mol. The Balaban J connectivity index is 2.53. The van der Waals surface area contributed by atoms with Gasteiger partial charge in [0.1, 0.15) is 0 Å². The number of carboxylic acids is 1. The minimum atomic E-state index is -0.866. The molecule has 0 fully saturated rings. The number of nitrogens with one attached hydrogen (secondary N) is 1. The van der Waals surface area contributed by atoms with Crippen LogP contribution in [0.1, 0.15) is 31.0 Å². The van der Waals surface area contributed by atoms with Crippen LogP contribution >= 0.6 is 0 Å². The van der Waals surface area contributed by atoms with E-state index in [-0.39, 0.29) is 6.04 Å². The molecule has 0 saturated carbocycles. The average molecular weight is 233 g/mol. The first-order chi connectivity index (χ1) is 8.00. The first-order valence-corrected chi connectivity index (χ1v) is 5.70. The number of hydrogen-bond donors (Lipinski definition) is 2. The van der Waals surface area contributed by atoms with Crippen LogP contribution in [0.3, 0.4) is 0 Å². The summed E-state index contributed by atoms with van der Waals surface area (Å²) in [7, 11) is 0. The van der Waals surface area contributed by atoms with Crippen LogP contribution < -0.4 is 5.32 Å². The van der Waals surface area contributed by atoms with Crippen molar-refractivity contribution in [1.82, 2.24) is 5.32 Å². The standard InChI is InChI=1S/C14H19NO2/c1-10-5-4-6-13(9-10)12(3)15-8-7-11(2)14(16)17/h4-7,9,12,15H,8H2,1-3H3,(H,16,17)/b11-7-/t12-/m0/s1. The number of aliphatic carboxylic acids is 1. The predicted octanol–water partition coefficient (Wildman–Crippen LogP) is 2.68. The normalized spacial score (nSPS) is 13.5. The SMILES string of the molecule is C/C(=C/CN[C@@H](C)c1cccc(C)c1)C(=O)O. The van der Waals surface area contributed by atoms with E-state index in [0.717, 1.165) is 0 Å². The largest absolute Gasteiger partial charge is 0.478 e. The second kappa shape index (κ2) is 6.21. The van der Waals surface area contributed by atoms with Crippen molar-refractivity contribution in [3.8, 4) is 0 Å². The first kappa shape index (κ1) is 13.5. The van der Waals surface area contributed by atoms with Crippen molar-refractivity contribution in [3.05, 3.63) is 47.0 Å². The van der Waals surface area contributed by atoms with Crippen LogP contribution in [-0.2, 0) is 4.79 Å². The molecule has 0 amide bonds. The Labute approximate surface area is 102 Å². The van der Waals surface area contributed by atoms with Crippen LogP contribution in [0.5, 0.6) is 0 Å². The van der Waals surface area contributed by atoms with Crippen LogP contribution in [0, 0.1) is 6.92 Å². The molecule has 3 heteroatoms. The fraction of sp³-hybridized carbons (Fsp3) is 0.357. The van der Waals surface area contributed by atoms with Gasteiger partial charge >= 0.3 is 5.97 Å². The topological polar surface area (TPSA) is 49.3 Å². The predicted molar refractivity (Wildman–Crippen MR) is 69.0 cm³/mol.